The first-order chi connectivity index (χ1) is 11.1. The van der Waals surface area contributed by atoms with Gasteiger partial charge >= 0.3 is 0 Å². The summed E-state index contributed by atoms with van der Waals surface area (Å²) in [4.78, 5) is 17.8. The maximum absolute atomic E-state index is 13.3. The number of aromatic nitrogens is 3. The van der Waals surface area contributed by atoms with E-state index < -0.39 is 0 Å². The lowest BCUT2D eigenvalue weighted by Gasteiger charge is -2.23. The van der Waals surface area contributed by atoms with Crippen LogP contribution in [0.25, 0.3) is 10.9 Å². The Bertz CT molecular complexity index is 882. The molecule has 5 nitrogen and oxygen atoms in total. The third-order valence-corrected chi connectivity index (χ3v) is 4.44. The fraction of sp³-hybridized carbons (Fsp3) is 0.294. The average Bonchev–Trinajstić information content (AvgIpc) is 3.23. The molecule has 0 aliphatic carbocycles. The molecule has 1 aliphatic rings. The fourth-order valence-corrected chi connectivity index (χ4v) is 3.34. The normalized spacial score (nSPS) is 18.0. The average molecular weight is 312 g/mol. The molecule has 4 rings (SSSR count). The van der Waals surface area contributed by atoms with E-state index in [4.69, 9.17) is 0 Å². The van der Waals surface area contributed by atoms with Gasteiger partial charge in [-0.3, -0.25) is 9.48 Å². The molecule has 0 saturated carbocycles. The second kappa shape index (κ2) is 5.22. The Kier molecular flexibility index (Phi) is 3.18. The Balaban J connectivity index is 1.66. The summed E-state index contributed by atoms with van der Waals surface area (Å²) in [6, 6.07) is 6.26. The minimum Gasteiger partial charge on any atom is -0.351 e. The summed E-state index contributed by atoms with van der Waals surface area (Å²) >= 11 is 0. The van der Waals surface area contributed by atoms with Crippen molar-refractivity contribution in [3.05, 3.63) is 53.7 Å². The van der Waals surface area contributed by atoms with Gasteiger partial charge in [0.15, 0.2) is 0 Å². The second-order valence-corrected chi connectivity index (χ2v) is 6.02. The number of hydrogen-bond donors (Lipinski definition) is 1. The highest BCUT2D eigenvalue weighted by Crippen LogP contribution is 2.33. The number of nitrogens with zero attached hydrogens (tertiary/aromatic N) is 3. The number of nitrogens with one attached hydrogen (secondary N) is 1. The standard InChI is InChI=1S/C17H17FN4O/c1-21-10-12(9-19-21)16-3-2-6-22(16)17(23)15-8-11-7-13(18)4-5-14(11)20-15/h4-5,7-10,16,20H,2-3,6H2,1H3/t16-/m1/s1. The van der Waals surface area contributed by atoms with E-state index in [2.05, 4.69) is 10.1 Å². The van der Waals surface area contributed by atoms with Crippen molar-refractivity contribution in [2.45, 2.75) is 18.9 Å². The summed E-state index contributed by atoms with van der Waals surface area (Å²) in [7, 11) is 1.87. The number of aryl methyl sites for hydroxylation is 1. The number of aromatic amines is 1. The maximum Gasteiger partial charge on any atom is 0.270 e. The molecule has 3 aromatic rings. The highest BCUT2D eigenvalue weighted by molar-refractivity contribution is 5.98. The molecule has 1 fully saturated rings. The lowest BCUT2D eigenvalue weighted by molar-refractivity contribution is 0.0730. The molecule has 1 N–H and O–H groups in total. The van der Waals surface area contributed by atoms with Gasteiger partial charge in [0.1, 0.15) is 11.5 Å². The van der Waals surface area contributed by atoms with Crippen LogP contribution < -0.4 is 0 Å². The molecule has 1 atom stereocenters. The van der Waals surface area contributed by atoms with E-state index in [1.165, 1.54) is 12.1 Å². The Labute approximate surface area is 132 Å². The van der Waals surface area contributed by atoms with Gasteiger partial charge in [-0.05, 0) is 37.1 Å². The number of amides is 1. The predicted molar refractivity (Wildman–Crippen MR) is 84.5 cm³/mol. The van der Waals surface area contributed by atoms with Crippen LogP contribution >= 0.6 is 0 Å². The van der Waals surface area contributed by atoms with Crippen molar-refractivity contribution in [3.63, 3.8) is 0 Å². The lowest BCUT2D eigenvalue weighted by atomic mass is 10.1. The summed E-state index contributed by atoms with van der Waals surface area (Å²) in [5, 5.41) is 4.91. The SMILES string of the molecule is Cn1cc([C@H]2CCCN2C(=O)c2cc3cc(F)ccc3[nH]2)cn1. The van der Waals surface area contributed by atoms with Gasteiger partial charge in [0.2, 0.25) is 0 Å². The Morgan fingerprint density at radius 2 is 2.26 bits per heavy atom. The summed E-state index contributed by atoms with van der Waals surface area (Å²) in [6.45, 7) is 0.724. The molecular weight excluding hydrogens is 295 g/mol. The van der Waals surface area contributed by atoms with Crippen LogP contribution in [0.3, 0.4) is 0 Å². The summed E-state index contributed by atoms with van der Waals surface area (Å²) in [5.41, 5.74) is 2.33. The number of halogens is 1. The number of H-pyrrole nitrogens is 1. The van der Waals surface area contributed by atoms with E-state index in [9.17, 15) is 9.18 Å². The van der Waals surface area contributed by atoms with Crippen LogP contribution in [0.1, 0.15) is 34.9 Å². The molecule has 1 aliphatic heterocycles. The highest BCUT2D eigenvalue weighted by atomic mass is 19.1. The van der Waals surface area contributed by atoms with Gasteiger partial charge in [-0.25, -0.2) is 4.39 Å². The number of fused-ring (bicyclic) bond motifs is 1. The van der Waals surface area contributed by atoms with Gasteiger partial charge in [-0.1, -0.05) is 0 Å². The molecule has 0 unspecified atom stereocenters. The van der Waals surface area contributed by atoms with Crippen LogP contribution in [0.2, 0.25) is 0 Å². The van der Waals surface area contributed by atoms with Gasteiger partial charge in [0, 0.05) is 36.3 Å². The van der Waals surface area contributed by atoms with Gasteiger partial charge < -0.3 is 9.88 Å². The monoisotopic (exact) mass is 312 g/mol. The van der Waals surface area contributed by atoms with E-state index in [-0.39, 0.29) is 17.8 Å². The zero-order valence-corrected chi connectivity index (χ0v) is 12.8. The number of rotatable bonds is 2. The topological polar surface area (TPSA) is 53.9 Å². The number of likely N-dealkylation sites (tertiary alicyclic amines) is 1. The minimum atomic E-state index is -0.301. The van der Waals surface area contributed by atoms with Crippen LogP contribution in [0.4, 0.5) is 4.39 Å². The molecule has 1 amide bonds. The molecule has 1 saturated heterocycles. The van der Waals surface area contributed by atoms with Gasteiger partial charge in [0.05, 0.1) is 12.2 Å². The first kappa shape index (κ1) is 14.0. The first-order valence-electron chi connectivity index (χ1n) is 7.69. The van der Waals surface area contributed by atoms with Crippen LogP contribution in [0, 0.1) is 5.82 Å². The van der Waals surface area contributed by atoms with E-state index in [1.54, 1.807) is 16.8 Å². The van der Waals surface area contributed by atoms with Crippen molar-refractivity contribution >= 4 is 16.8 Å². The Morgan fingerprint density at radius 3 is 3.04 bits per heavy atom. The maximum atomic E-state index is 13.3. The van der Waals surface area contributed by atoms with Crippen molar-refractivity contribution in [1.29, 1.82) is 0 Å². The van der Waals surface area contributed by atoms with E-state index in [0.29, 0.717) is 11.1 Å². The number of carbonyl (C=O) groups is 1. The zero-order chi connectivity index (χ0) is 16.0. The van der Waals surface area contributed by atoms with Crippen molar-refractivity contribution in [1.82, 2.24) is 19.7 Å². The van der Waals surface area contributed by atoms with Crippen molar-refractivity contribution in [3.8, 4) is 0 Å². The Morgan fingerprint density at radius 1 is 1.39 bits per heavy atom. The van der Waals surface area contributed by atoms with Gasteiger partial charge in [-0.15, -0.1) is 0 Å². The predicted octanol–water partition coefficient (Wildman–Crippen LogP) is 3.02. The molecule has 3 heterocycles. The van der Waals surface area contributed by atoms with E-state index in [0.717, 1.165) is 30.5 Å². The summed E-state index contributed by atoms with van der Waals surface area (Å²) in [6.07, 6.45) is 5.68. The first-order valence-corrected chi connectivity index (χ1v) is 7.69. The molecule has 0 bridgehead atoms. The molecule has 0 spiro atoms. The van der Waals surface area contributed by atoms with Crippen LogP contribution in [-0.4, -0.2) is 32.1 Å². The third kappa shape index (κ3) is 2.40. The molecule has 118 valence electrons. The largest absolute Gasteiger partial charge is 0.351 e. The number of benzene rings is 1. The number of hydrogen-bond acceptors (Lipinski definition) is 2. The van der Waals surface area contributed by atoms with Crippen LogP contribution in [0.5, 0.6) is 0 Å². The fourth-order valence-electron chi connectivity index (χ4n) is 3.34. The molecule has 1 aromatic carbocycles. The van der Waals surface area contributed by atoms with E-state index >= 15 is 0 Å². The molecule has 0 radical (unpaired) electrons. The smallest absolute Gasteiger partial charge is 0.270 e. The summed E-state index contributed by atoms with van der Waals surface area (Å²) in [5.74, 6) is -0.349. The zero-order valence-electron chi connectivity index (χ0n) is 12.8. The van der Waals surface area contributed by atoms with Crippen LogP contribution in [0.15, 0.2) is 36.7 Å². The highest BCUT2D eigenvalue weighted by Gasteiger charge is 2.32. The summed E-state index contributed by atoms with van der Waals surface area (Å²) < 4.78 is 15.1. The van der Waals surface area contributed by atoms with Crippen molar-refractivity contribution < 1.29 is 9.18 Å². The number of carbonyl (C=O) groups excluding carboxylic acids is 1. The molecule has 6 heteroatoms. The molecular formula is C17H17FN4O. The van der Waals surface area contributed by atoms with Gasteiger partial charge in [-0.2, -0.15) is 5.10 Å². The Hall–Kier alpha value is -2.63. The van der Waals surface area contributed by atoms with E-state index in [1.807, 2.05) is 24.3 Å². The lowest BCUT2D eigenvalue weighted by Crippen LogP contribution is -2.30. The quantitative estimate of drug-likeness (QED) is 0.791. The molecule has 23 heavy (non-hydrogen) atoms. The minimum absolute atomic E-state index is 0.0482. The third-order valence-electron chi connectivity index (χ3n) is 4.44. The van der Waals surface area contributed by atoms with Gasteiger partial charge in [0.25, 0.3) is 5.91 Å². The molecule has 2 aromatic heterocycles. The van der Waals surface area contributed by atoms with Crippen LogP contribution in [-0.2, 0) is 7.05 Å². The second-order valence-electron chi connectivity index (χ2n) is 6.02. The van der Waals surface area contributed by atoms with Crippen molar-refractivity contribution in [2.75, 3.05) is 6.54 Å². The van der Waals surface area contributed by atoms with Crippen molar-refractivity contribution in [2.24, 2.45) is 7.05 Å².